The summed E-state index contributed by atoms with van der Waals surface area (Å²) in [4.78, 5) is 45.4. The van der Waals surface area contributed by atoms with Gasteiger partial charge >= 0.3 is 0 Å². The van der Waals surface area contributed by atoms with Crippen molar-refractivity contribution in [1.29, 1.82) is 5.41 Å². The van der Waals surface area contributed by atoms with Crippen LogP contribution in [0.2, 0.25) is 0 Å². The van der Waals surface area contributed by atoms with E-state index in [4.69, 9.17) is 5.41 Å². The lowest BCUT2D eigenvalue weighted by Crippen LogP contribution is -2.32. The maximum atomic E-state index is 13.6. The van der Waals surface area contributed by atoms with E-state index in [1.807, 2.05) is 6.92 Å². The molecule has 3 N–H and O–H groups in total. The molecule has 0 aliphatic heterocycles. The first-order chi connectivity index (χ1) is 17.4. The molecule has 0 aromatic carbocycles. The maximum absolute atomic E-state index is 13.6. The molecule has 186 valence electrons. The van der Waals surface area contributed by atoms with Gasteiger partial charge in [0.25, 0.3) is 17.4 Å². The van der Waals surface area contributed by atoms with E-state index in [1.165, 1.54) is 21.8 Å². The number of carbonyl (C=O) groups excluding carboxylic acids is 2. The molecule has 4 aromatic rings. The number of pyridine rings is 2. The third-order valence-corrected chi connectivity index (χ3v) is 7.86. The molecule has 1 aliphatic carbocycles. The summed E-state index contributed by atoms with van der Waals surface area (Å²) in [5.41, 5.74) is 2.13. The van der Waals surface area contributed by atoms with Gasteiger partial charge < -0.3 is 15.2 Å². The van der Waals surface area contributed by atoms with Crippen LogP contribution in [0.3, 0.4) is 0 Å². The maximum Gasteiger partial charge on any atom is 0.267 e. The van der Waals surface area contributed by atoms with E-state index >= 15 is 0 Å². The van der Waals surface area contributed by atoms with Crippen LogP contribution < -0.4 is 21.7 Å². The fourth-order valence-corrected chi connectivity index (χ4v) is 6.07. The minimum absolute atomic E-state index is 0.0107. The molecule has 0 saturated carbocycles. The minimum Gasteiger partial charge on any atom is -0.355 e. The van der Waals surface area contributed by atoms with Gasteiger partial charge in [0, 0.05) is 24.7 Å². The van der Waals surface area contributed by atoms with E-state index in [9.17, 15) is 14.4 Å². The highest BCUT2D eigenvalue weighted by molar-refractivity contribution is 7.17. The molecule has 36 heavy (non-hydrogen) atoms. The van der Waals surface area contributed by atoms with Crippen molar-refractivity contribution in [3.8, 4) is 0 Å². The number of hydrogen-bond donors (Lipinski definition) is 3. The van der Waals surface area contributed by atoms with Crippen LogP contribution in [0.1, 0.15) is 63.8 Å². The van der Waals surface area contributed by atoms with Gasteiger partial charge in [-0.2, -0.15) is 0 Å². The van der Waals surface area contributed by atoms with Gasteiger partial charge in [0.2, 0.25) is 0 Å². The van der Waals surface area contributed by atoms with Crippen LogP contribution >= 0.6 is 11.3 Å². The van der Waals surface area contributed by atoms with E-state index in [2.05, 4.69) is 15.6 Å². The number of unbranched alkanes of at least 4 members (excludes halogenated alkanes) is 1. The molecule has 0 radical (unpaired) electrons. The summed E-state index contributed by atoms with van der Waals surface area (Å²) in [6.45, 7) is 2.50. The van der Waals surface area contributed by atoms with E-state index in [0.29, 0.717) is 28.4 Å². The first-order valence-electron chi connectivity index (χ1n) is 12.2. The van der Waals surface area contributed by atoms with Gasteiger partial charge in [0.05, 0.1) is 16.5 Å². The van der Waals surface area contributed by atoms with Crippen molar-refractivity contribution < 1.29 is 9.59 Å². The predicted octanol–water partition coefficient (Wildman–Crippen LogP) is 3.48. The first-order valence-corrected chi connectivity index (χ1v) is 13.0. The van der Waals surface area contributed by atoms with Crippen molar-refractivity contribution in [1.82, 2.24) is 19.3 Å². The highest BCUT2D eigenvalue weighted by atomic mass is 32.1. The molecule has 0 unspecified atom stereocenters. The fraction of sp³-hybridized carbons (Fsp3) is 0.346. The van der Waals surface area contributed by atoms with Gasteiger partial charge in [-0.25, -0.2) is 4.98 Å². The van der Waals surface area contributed by atoms with Gasteiger partial charge in [-0.15, -0.1) is 11.3 Å². The summed E-state index contributed by atoms with van der Waals surface area (Å²) >= 11 is 1.42. The molecule has 1 aliphatic rings. The average Bonchev–Trinajstić information content (AvgIpc) is 3.25. The van der Waals surface area contributed by atoms with Crippen LogP contribution in [0.5, 0.6) is 0 Å². The Labute approximate surface area is 211 Å². The number of aromatic nitrogens is 3. The number of aryl methyl sites for hydroxylation is 2. The summed E-state index contributed by atoms with van der Waals surface area (Å²) in [5.74, 6) is -0.755. The number of thiophene rings is 1. The molecular formula is C26H28N6O3S. The van der Waals surface area contributed by atoms with Crippen LogP contribution in [-0.2, 0) is 19.4 Å². The molecule has 4 heterocycles. The monoisotopic (exact) mass is 504 g/mol. The molecule has 0 spiro atoms. The number of amides is 2. The van der Waals surface area contributed by atoms with Crippen LogP contribution in [-0.4, -0.2) is 32.8 Å². The second-order valence-electron chi connectivity index (χ2n) is 8.94. The smallest absolute Gasteiger partial charge is 0.267 e. The summed E-state index contributed by atoms with van der Waals surface area (Å²) < 4.78 is 3.08. The van der Waals surface area contributed by atoms with E-state index in [0.717, 1.165) is 49.0 Å². The van der Waals surface area contributed by atoms with Crippen LogP contribution in [0, 0.1) is 5.41 Å². The fourth-order valence-electron chi connectivity index (χ4n) is 4.78. The normalized spacial score (nSPS) is 13.1. The Morgan fingerprint density at radius 2 is 2.00 bits per heavy atom. The molecule has 5 rings (SSSR count). The Bertz CT molecular complexity index is 1630. The number of fused-ring (bicyclic) bond motifs is 3. The quantitative estimate of drug-likeness (QED) is 0.348. The van der Waals surface area contributed by atoms with Crippen LogP contribution in [0.4, 0.5) is 5.00 Å². The standard InChI is InChI=1S/C26H28N6O3S/c1-3-4-12-32-21(27)16(14-17-22(32)29-19-11-7-8-13-31(19)26(17)35)23(33)30-25-20(24(34)28-2)15-9-5-6-10-18(15)36-25/h7-8,11,13-14,27H,3-6,9-10,12H2,1-2H3,(H,28,34)(H,30,33). The molecule has 2 amide bonds. The lowest BCUT2D eigenvalue weighted by atomic mass is 9.95. The first kappa shape index (κ1) is 23.9. The van der Waals surface area contributed by atoms with Gasteiger partial charge in [-0.1, -0.05) is 19.4 Å². The molecule has 0 atom stereocenters. The van der Waals surface area contributed by atoms with E-state index in [1.54, 1.807) is 36.0 Å². The molecule has 0 saturated heterocycles. The third kappa shape index (κ3) is 4.01. The number of carbonyl (C=O) groups is 2. The second-order valence-corrected chi connectivity index (χ2v) is 10.0. The van der Waals surface area contributed by atoms with E-state index in [-0.39, 0.29) is 27.9 Å². The molecule has 10 heteroatoms. The third-order valence-electron chi connectivity index (χ3n) is 6.65. The van der Waals surface area contributed by atoms with Crippen molar-refractivity contribution in [2.75, 3.05) is 12.4 Å². The number of nitrogens with zero attached hydrogens (tertiary/aromatic N) is 3. The molecule has 0 fully saturated rings. The number of rotatable bonds is 6. The summed E-state index contributed by atoms with van der Waals surface area (Å²) in [7, 11) is 1.58. The lowest BCUT2D eigenvalue weighted by molar-refractivity contribution is 0.0963. The Balaban J connectivity index is 1.66. The molecule has 9 nitrogen and oxygen atoms in total. The van der Waals surface area contributed by atoms with Crippen molar-refractivity contribution in [2.45, 2.75) is 52.0 Å². The minimum atomic E-state index is -0.520. The van der Waals surface area contributed by atoms with Crippen LogP contribution in [0.25, 0.3) is 16.7 Å². The van der Waals surface area contributed by atoms with Crippen molar-refractivity contribution >= 4 is 44.8 Å². The lowest BCUT2D eigenvalue weighted by Gasteiger charge is -2.15. The summed E-state index contributed by atoms with van der Waals surface area (Å²) in [6, 6.07) is 6.75. The largest absolute Gasteiger partial charge is 0.355 e. The Morgan fingerprint density at radius 1 is 1.19 bits per heavy atom. The SMILES string of the molecule is CCCCn1c(=N)c(C(=O)Nc2sc3c(c2C(=O)NC)CCCC3)cc2c(=O)n3ccccc3nc21. The number of anilines is 1. The van der Waals surface area contributed by atoms with Gasteiger partial charge in [-0.3, -0.25) is 24.2 Å². The summed E-state index contributed by atoms with van der Waals surface area (Å²) in [6.07, 6.45) is 7.03. The average molecular weight is 505 g/mol. The van der Waals surface area contributed by atoms with Crippen molar-refractivity contribution in [2.24, 2.45) is 0 Å². The van der Waals surface area contributed by atoms with Crippen LogP contribution in [0.15, 0.2) is 35.3 Å². The zero-order chi connectivity index (χ0) is 25.4. The Hall–Kier alpha value is -3.79. The van der Waals surface area contributed by atoms with E-state index < -0.39 is 5.91 Å². The zero-order valence-corrected chi connectivity index (χ0v) is 21.1. The molecular weight excluding hydrogens is 476 g/mol. The highest BCUT2D eigenvalue weighted by Crippen LogP contribution is 2.38. The van der Waals surface area contributed by atoms with Crippen molar-refractivity contribution in [3.63, 3.8) is 0 Å². The predicted molar refractivity (Wildman–Crippen MR) is 140 cm³/mol. The van der Waals surface area contributed by atoms with Gasteiger partial charge in [-0.05, 0) is 55.9 Å². The van der Waals surface area contributed by atoms with Gasteiger partial charge in [0.15, 0.2) is 0 Å². The topological polar surface area (TPSA) is 121 Å². The van der Waals surface area contributed by atoms with Crippen molar-refractivity contribution in [3.05, 3.63) is 67.9 Å². The molecule has 0 bridgehead atoms. The summed E-state index contributed by atoms with van der Waals surface area (Å²) in [5, 5.41) is 15.2. The highest BCUT2D eigenvalue weighted by Gasteiger charge is 2.27. The number of hydrogen-bond acceptors (Lipinski definition) is 6. The second kappa shape index (κ2) is 9.69. The zero-order valence-electron chi connectivity index (χ0n) is 20.3. The number of nitrogens with one attached hydrogen (secondary N) is 3. The Kier molecular flexibility index (Phi) is 6.44. The molecule has 4 aromatic heterocycles. The Morgan fingerprint density at radius 3 is 2.78 bits per heavy atom. The van der Waals surface area contributed by atoms with Gasteiger partial charge in [0.1, 0.15) is 21.8 Å².